The fourth-order valence-corrected chi connectivity index (χ4v) is 3.40. The second-order valence-electron chi connectivity index (χ2n) is 5.95. The molecule has 1 aromatic heterocycles. The number of fused-ring (bicyclic) bond motifs is 1. The van der Waals surface area contributed by atoms with Crippen LogP contribution in [-0.4, -0.2) is 9.90 Å². The van der Waals surface area contributed by atoms with Crippen LogP contribution in [0.25, 0.3) is 11.0 Å². The highest BCUT2D eigenvalue weighted by atomic mass is 35.5. The molecule has 3 nitrogen and oxygen atoms in total. The number of rotatable bonds is 4. The largest absolute Gasteiger partial charge is 0.198 e. The maximum absolute atomic E-state index is 6.11. The molecule has 0 bridgehead atoms. The third-order valence-electron chi connectivity index (χ3n) is 4.10. The zero-order valence-corrected chi connectivity index (χ0v) is 15.0. The topological polar surface area (TPSA) is 21.7 Å². The summed E-state index contributed by atoms with van der Waals surface area (Å²) in [6.07, 6.45) is 0. The Balaban J connectivity index is 1.73. The summed E-state index contributed by atoms with van der Waals surface area (Å²) in [4.78, 5) is 0. The molecule has 4 rings (SSSR count). The molecule has 5 heteroatoms. The smallest absolute Gasteiger partial charge is 0.125 e. The second-order valence-corrected chi connectivity index (χ2v) is 6.83. The van der Waals surface area contributed by atoms with Crippen molar-refractivity contribution in [2.24, 2.45) is 0 Å². The van der Waals surface area contributed by atoms with Crippen molar-refractivity contribution in [3.8, 4) is 0 Å². The molecule has 25 heavy (non-hydrogen) atoms. The van der Waals surface area contributed by atoms with Gasteiger partial charge < -0.3 is 0 Å². The van der Waals surface area contributed by atoms with Crippen LogP contribution in [0.3, 0.4) is 0 Å². The Kier molecular flexibility index (Phi) is 4.43. The van der Waals surface area contributed by atoms with Crippen LogP contribution in [0.2, 0.25) is 10.0 Å². The van der Waals surface area contributed by atoms with Gasteiger partial charge in [0.05, 0.1) is 5.21 Å². The summed E-state index contributed by atoms with van der Waals surface area (Å²) in [5.74, 6) is 0. The molecule has 0 N–H and O–H groups in total. The summed E-state index contributed by atoms with van der Waals surface area (Å²) in [5, 5.41) is 6.26. The van der Waals surface area contributed by atoms with Gasteiger partial charge in [0.1, 0.15) is 13.1 Å². The number of benzene rings is 3. The zero-order chi connectivity index (χ0) is 17.2. The van der Waals surface area contributed by atoms with E-state index in [1.54, 1.807) is 0 Å². The van der Waals surface area contributed by atoms with Gasteiger partial charge in [0.15, 0.2) is 11.0 Å². The van der Waals surface area contributed by atoms with E-state index < -0.39 is 0 Å². The minimum Gasteiger partial charge on any atom is -0.125 e. The number of aromatic nitrogens is 3. The molecule has 0 spiro atoms. The maximum Gasteiger partial charge on any atom is 0.198 e. The van der Waals surface area contributed by atoms with E-state index in [0.717, 1.165) is 32.2 Å². The van der Waals surface area contributed by atoms with Gasteiger partial charge in [-0.05, 0) is 47.5 Å². The Hall–Kier alpha value is -2.36. The molecule has 0 atom stereocenters. The summed E-state index contributed by atoms with van der Waals surface area (Å²) in [6, 6.07) is 24.0. The number of nitrogens with zero attached hydrogens (tertiary/aromatic N) is 3. The van der Waals surface area contributed by atoms with Crippen LogP contribution < -0.4 is 4.68 Å². The molecular formula is C20H16Cl2N3+. The van der Waals surface area contributed by atoms with Crippen LogP contribution in [0, 0.1) is 0 Å². The molecule has 3 aromatic carbocycles. The summed E-state index contributed by atoms with van der Waals surface area (Å²) in [7, 11) is 0. The van der Waals surface area contributed by atoms with Gasteiger partial charge in [-0.25, -0.2) is 0 Å². The lowest BCUT2D eigenvalue weighted by atomic mass is 10.2. The monoisotopic (exact) mass is 368 g/mol. The van der Waals surface area contributed by atoms with Gasteiger partial charge in [0, 0.05) is 10.0 Å². The lowest BCUT2D eigenvalue weighted by Gasteiger charge is -1.98. The molecule has 4 aromatic rings. The SMILES string of the molecule is Clc1cccc(Cn2n[n+](Cc3cccc(Cl)c3)c3ccccc32)c1. The van der Waals surface area contributed by atoms with Crippen molar-refractivity contribution >= 4 is 34.2 Å². The van der Waals surface area contributed by atoms with Crippen molar-refractivity contribution in [1.82, 2.24) is 9.90 Å². The number of hydrogen-bond donors (Lipinski definition) is 0. The van der Waals surface area contributed by atoms with Crippen LogP contribution in [0.5, 0.6) is 0 Å². The average Bonchev–Trinajstić information content (AvgIpc) is 2.93. The van der Waals surface area contributed by atoms with Crippen molar-refractivity contribution < 1.29 is 4.68 Å². The number of para-hydroxylation sites is 2. The van der Waals surface area contributed by atoms with E-state index in [1.807, 2.05) is 57.9 Å². The van der Waals surface area contributed by atoms with Gasteiger partial charge in [0.2, 0.25) is 0 Å². The van der Waals surface area contributed by atoms with Crippen molar-refractivity contribution in [1.29, 1.82) is 0 Å². The van der Waals surface area contributed by atoms with E-state index in [1.165, 1.54) is 0 Å². The van der Waals surface area contributed by atoms with E-state index in [9.17, 15) is 0 Å². The predicted molar refractivity (Wildman–Crippen MR) is 101 cm³/mol. The van der Waals surface area contributed by atoms with Crippen LogP contribution >= 0.6 is 23.2 Å². The van der Waals surface area contributed by atoms with Crippen LogP contribution in [0.15, 0.2) is 72.8 Å². The first-order valence-electron chi connectivity index (χ1n) is 8.03. The standard InChI is InChI=1S/C20H16Cl2N3/c21-17-7-3-5-15(11-17)13-24-19-9-1-2-10-20(19)25(23-24)14-16-6-4-8-18(22)12-16/h1-12H,13-14H2/q+1. The van der Waals surface area contributed by atoms with Gasteiger partial charge in [-0.2, -0.15) is 0 Å². The van der Waals surface area contributed by atoms with Crippen LogP contribution in [0.1, 0.15) is 11.1 Å². The molecule has 0 unspecified atom stereocenters. The first-order chi connectivity index (χ1) is 12.2. The summed E-state index contributed by atoms with van der Waals surface area (Å²) in [6.45, 7) is 1.34. The van der Waals surface area contributed by atoms with Crippen molar-refractivity contribution in [3.05, 3.63) is 94.0 Å². The first-order valence-corrected chi connectivity index (χ1v) is 8.79. The van der Waals surface area contributed by atoms with E-state index in [0.29, 0.717) is 13.1 Å². The Labute approximate surface area is 156 Å². The highest BCUT2D eigenvalue weighted by Crippen LogP contribution is 2.16. The van der Waals surface area contributed by atoms with E-state index in [-0.39, 0.29) is 0 Å². The molecule has 0 radical (unpaired) electrons. The van der Waals surface area contributed by atoms with Gasteiger partial charge in [0.25, 0.3) is 0 Å². The van der Waals surface area contributed by atoms with Crippen molar-refractivity contribution in [2.75, 3.05) is 0 Å². The van der Waals surface area contributed by atoms with Gasteiger partial charge in [-0.15, -0.1) is 9.36 Å². The predicted octanol–water partition coefficient (Wildman–Crippen LogP) is 4.73. The summed E-state index contributed by atoms with van der Waals surface area (Å²) >= 11 is 12.2. The van der Waals surface area contributed by atoms with Crippen LogP contribution in [0.4, 0.5) is 0 Å². The normalized spacial score (nSPS) is 11.1. The second kappa shape index (κ2) is 6.87. The summed E-state index contributed by atoms with van der Waals surface area (Å²) < 4.78 is 4.01. The molecule has 124 valence electrons. The Bertz CT molecular complexity index is 958. The molecule has 0 saturated carbocycles. The highest BCUT2D eigenvalue weighted by molar-refractivity contribution is 6.30. The van der Waals surface area contributed by atoms with Gasteiger partial charge in [-0.3, -0.25) is 0 Å². The zero-order valence-electron chi connectivity index (χ0n) is 13.4. The molecule has 0 aliphatic carbocycles. The third kappa shape index (κ3) is 3.53. The first kappa shape index (κ1) is 16.1. The molecule has 0 fully saturated rings. The lowest BCUT2D eigenvalue weighted by molar-refractivity contribution is -0.724. The lowest BCUT2D eigenvalue weighted by Crippen LogP contribution is -2.37. The Morgan fingerprint density at radius 2 is 1.48 bits per heavy atom. The molecular weight excluding hydrogens is 353 g/mol. The highest BCUT2D eigenvalue weighted by Gasteiger charge is 2.18. The van der Waals surface area contributed by atoms with Gasteiger partial charge >= 0.3 is 0 Å². The Morgan fingerprint density at radius 1 is 0.800 bits per heavy atom. The molecule has 1 heterocycles. The Morgan fingerprint density at radius 3 is 2.24 bits per heavy atom. The maximum atomic E-state index is 6.11. The fraction of sp³-hybridized carbons (Fsp3) is 0.100. The average molecular weight is 369 g/mol. The third-order valence-corrected chi connectivity index (χ3v) is 4.57. The minimum absolute atomic E-state index is 0.670. The quantitative estimate of drug-likeness (QED) is 0.477. The van der Waals surface area contributed by atoms with E-state index >= 15 is 0 Å². The van der Waals surface area contributed by atoms with E-state index in [2.05, 4.69) is 24.3 Å². The molecule has 0 aliphatic heterocycles. The fourth-order valence-electron chi connectivity index (χ4n) is 2.98. The molecule has 0 aliphatic rings. The molecule has 0 saturated heterocycles. The van der Waals surface area contributed by atoms with Crippen molar-refractivity contribution in [3.63, 3.8) is 0 Å². The number of halogens is 2. The van der Waals surface area contributed by atoms with Crippen molar-refractivity contribution in [2.45, 2.75) is 13.1 Å². The minimum atomic E-state index is 0.670. The molecule has 0 amide bonds. The van der Waals surface area contributed by atoms with Crippen LogP contribution in [-0.2, 0) is 13.1 Å². The van der Waals surface area contributed by atoms with E-state index in [4.69, 9.17) is 28.4 Å². The van der Waals surface area contributed by atoms with Gasteiger partial charge in [-0.1, -0.05) is 59.6 Å². The number of hydrogen-bond acceptors (Lipinski definition) is 1. The summed E-state index contributed by atoms with van der Waals surface area (Å²) in [5.41, 5.74) is 4.42.